The molecule has 2 heterocycles. The van der Waals surface area contributed by atoms with E-state index in [1.165, 1.54) is 0 Å². The summed E-state index contributed by atoms with van der Waals surface area (Å²) in [6.45, 7) is 4.88. The predicted octanol–water partition coefficient (Wildman–Crippen LogP) is 4.47. The molecule has 0 saturated carbocycles. The number of aromatic nitrogens is 2. The Morgan fingerprint density at radius 1 is 1.06 bits per heavy atom. The molecule has 1 aliphatic rings. The van der Waals surface area contributed by atoms with Crippen LogP contribution in [0.3, 0.4) is 0 Å². The Kier molecular flexibility index (Phi) is 7.33. The van der Waals surface area contributed by atoms with Crippen LogP contribution in [0.2, 0.25) is 0 Å². The highest BCUT2D eigenvalue weighted by molar-refractivity contribution is 5.79. The van der Waals surface area contributed by atoms with Crippen molar-refractivity contribution in [1.82, 2.24) is 15.5 Å². The van der Waals surface area contributed by atoms with Crippen molar-refractivity contribution in [2.24, 2.45) is 5.92 Å². The van der Waals surface area contributed by atoms with Crippen molar-refractivity contribution in [2.75, 3.05) is 24.6 Å². The van der Waals surface area contributed by atoms with Crippen LogP contribution in [0, 0.1) is 5.92 Å². The number of rotatable bonds is 8. The lowest BCUT2D eigenvalue weighted by Gasteiger charge is -2.32. The quantitative estimate of drug-likeness (QED) is 0.571. The van der Waals surface area contributed by atoms with Gasteiger partial charge in [-0.3, -0.25) is 4.79 Å². The molecule has 1 N–H and O–H groups in total. The van der Waals surface area contributed by atoms with Gasteiger partial charge in [0.2, 0.25) is 5.91 Å². The average Bonchev–Trinajstić information content (AvgIpc) is 2.87. The summed E-state index contributed by atoms with van der Waals surface area (Å²) in [6, 6.07) is 21.9. The molecule has 1 fully saturated rings. The number of hydrogen-bond donors (Lipinski definition) is 1. The minimum Gasteiger partial charge on any atom is -0.494 e. The molecule has 6 heteroatoms. The van der Waals surface area contributed by atoms with Crippen molar-refractivity contribution >= 4 is 11.7 Å². The first-order chi connectivity index (χ1) is 15.7. The van der Waals surface area contributed by atoms with Crippen molar-refractivity contribution in [1.29, 1.82) is 0 Å². The number of carbonyl (C=O) groups excluding carboxylic acids is 1. The number of nitrogens with one attached hydrogen (secondary N) is 1. The molecule has 6 nitrogen and oxygen atoms in total. The van der Waals surface area contributed by atoms with Crippen LogP contribution in [-0.2, 0) is 11.3 Å². The molecule has 1 aromatic heterocycles. The van der Waals surface area contributed by atoms with E-state index in [-0.39, 0.29) is 11.8 Å². The summed E-state index contributed by atoms with van der Waals surface area (Å²) < 4.78 is 5.61. The lowest BCUT2D eigenvalue weighted by atomic mass is 9.97. The second kappa shape index (κ2) is 10.8. The van der Waals surface area contributed by atoms with Crippen LogP contribution in [0.4, 0.5) is 5.82 Å². The Balaban J connectivity index is 1.31. The molecule has 2 aromatic carbocycles. The van der Waals surface area contributed by atoms with Crippen molar-refractivity contribution in [2.45, 2.75) is 32.7 Å². The normalized spacial score (nSPS) is 15.9. The molecule has 0 spiro atoms. The summed E-state index contributed by atoms with van der Waals surface area (Å²) in [4.78, 5) is 15.0. The molecule has 1 amide bonds. The van der Waals surface area contributed by atoms with Crippen LogP contribution < -0.4 is 15.0 Å². The minimum absolute atomic E-state index is 0.0495. The lowest BCUT2D eigenvalue weighted by Crippen LogP contribution is -2.43. The molecule has 1 saturated heterocycles. The maximum absolute atomic E-state index is 12.8. The van der Waals surface area contributed by atoms with Crippen LogP contribution in [0.5, 0.6) is 5.75 Å². The van der Waals surface area contributed by atoms with Crippen molar-refractivity contribution in [3.63, 3.8) is 0 Å². The number of carbonyl (C=O) groups is 1. The number of benzene rings is 2. The fraction of sp³-hybridized carbons (Fsp3) is 0.346. The van der Waals surface area contributed by atoms with Crippen molar-refractivity contribution in [3.8, 4) is 17.0 Å². The van der Waals surface area contributed by atoms with E-state index >= 15 is 0 Å². The van der Waals surface area contributed by atoms with Gasteiger partial charge in [-0.15, -0.1) is 10.2 Å². The molecule has 32 heavy (non-hydrogen) atoms. The zero-order chi connectivity index (χ0) is 22.2. The molecule has 166 valence electrons. The molecule has 0 radical (unpaired) electrons. The SMILES string of the molecule is CCCOc1ccc(CNC(=O)[C@H]2CCCN(c3ccc(-c4ccccc4)nn3)C2)cc1. The number of amides is 1. The van der Waals surface area contributed by atoms with Gasteiger partial charge in [-0.2, -0.15) is 0 Å². The van der Waals surface area contributed by atoms with Gasteiger partial charge in [0.1, 0.15) is 5.75 Å². The van der Waals surface area contributed by atoms with E-state index in [1.54, 1.807) is 0 Å². The second-order valence-electron chi connectivity index (χ2n) is 8.14. The third kappa shape index (κ3) is 5.63. The number of piperidine rings is 1. The van der Waals surface area contributed by atoms with Gasteiger partial charge in [0, 0.05) is 25.2 Å². The van der Waals surface area contributed by atoms with Gasteiger partial charge in [-0.25, -0.2) is 0 Å². The number of hydrogen-bond acceptors (Lipinski definition) is 5. The fourth-order valence-electron chi connectivity index (χ4n) is 3.91. The molecule has 3 aromatic rings. The monoisotopic (exact) mass is 430 g/mol. The third-order valence-corrected chi connectivity index (χ3v) is 5.70. The smallest absolute Gasteiger partial charge is 0.225 e. The van der Waals surface area contributed by atoms with Crippen LogP contribution >= 0.6 is 0 Å². The Labute approximate surface area is 189 Å². The first-order valence-electron chi connectivity index (χ1n) is 11.4. The molecule has 4 rings (SSSR count). The van der Waals surface area contributed by atoms with Crippen molar-refractivity contribution in [3.05, 3.63) is 72.3 Å². The summed E-state index contributed by atoms with van der Waals surface area (Å²) in [5, 5.41) is 11.9. The Bertz CT molecular complexity index is 991. The van der Waals surface area contributed by atoms with Gasteiger partial charge < -0.3 is 15.0 Å². The standard InChI is InChI=1S/C26H30N4O2/c1-2-17-32-23-12-10-20(11-13-23)18-27-26(31)22-9-6-16-30(19-22)25-15-14-24(28-29-25)21-7-4-3-5-8-21/h3-5,7-8,10-15,22H,2,6,9,16-19H2,1H3,(H,27,31)/t22-/m0/s1. The molecule has 0 unspecified atom stereocenters. The van der Waals surface area contributed by atoms with Crippen LogP contribution in [0.15, 0.2) is 66.7 Å². The summed E-state index contributed by atoms with van der Waals surface area (Å²) in [5.74, 6) is 1.73. The maximum atomic E-state index is 12.8. The Morgan fingerprint density at radius 3 is 2.59 bits per heavy atom. The van der Waals surface area contributed by atoms with Crippen LogP contribution in [-0.4, -0.2) is 35.8 Å². The molecular formula is C26H30N4O2. The van der Waals surface area contributed by atoms with Crippen molar-refractivity contribution < 1.29 is 9.53 Å². The highest BCUT2D eigenvalue weighted by Gasteiger charge is 2.26. The van der Waals surface area contributed by atoms with E-state index in [1.807, 2.05) is 66.7 Å². The molecule has 1 aliphatic heterocycles. The van der Waals surface area contributed by atoms with Gasteiger partial charge in [0.15, 0.2) is 5.82 Å². The Hall–Kier alpha value is -3.41. The van der Waals surface area contributed by atoms with E-state index < -0.39 is 0 Å². The topological polar surface area (TPSA) is 67.3 Å². The molecule has 0 bridgehead atoms. The second-order valence-corrected chi connectivity index (χ2v) is 8.14. The third-order valence-electron chi connectivity index (χ3n) is 5.70. The van der Waals surface area contributed by atoms with E-state index in [0.717, 1.165) is 54.2 Å². The first kappa shape index (κ1) is 21.8. The average molecular weight is 431 g/mol. The van der Waals surface area contributed by atoms with Crippen LogP contribution in [0.1, 0.15) is 31.7 Å². The largest absolute Gasteiger partial charge is 0.494 e. The highest BCUT2D eigenvalue weighted by atomic mass is 16.5. The van der Waals surface area contributed by atoms with Gasteiger partial charge in [-0.1, -0.05) is 49.4 Å². The maximum Gasteiger partial charge on any atom is 0.225 e. The predicted molar refractivity (Wildman–Crippen MR) is 126 cm³/mol. The number of ether oxygens (including phenoxy) is 1. The van der Waals surface area contributed by atoms with Crippen LogP contribution in [0.25, 0.3) is 11.3 Å². The van der Waals surface area contributed by atoms with E-state index in [4.69, 9.17) is 4.74 Å². The zero-order valence-corrected chi connectivity index (χ0v) is 18.5. The Morgan fingerprint density at radius 2 is 1.88 bits per heavy atom. The summed E-state index contributed by atoms with van der Waals surface area (Å²) in [7, 11) is 0. The lowest BCUT2D eigenvalue weighted by molar-refractivity contribution is -0.125. The summed E-state index contributed by atoms with van der Waals surface area (Å²) in [6.07, 6.45) is 2.84. The van der Waals surface area contributed by atoms with E-state index in [2.05, 4.69) is 27.3 Å². The minimum atomic E-state index is -0.0495. The van der Waals surface area contributed by atoms with E-state index in [9.17, 15) is 4.79 Å². The summed E-state index contributed by atoms with van der Waals surface area (Å²) >= 11 is 0. The fourth-order valence-corrected chi connectivity index (χ4v) is 3.91. The first-order valence-corrected chi connectivity index (χ1v) is 11.4. The number of anilines is 1. The molecular weight excluding hydrogens is 400 g/mol. The zero-order valence-electron chi connectivity index (χ0n) is 18.5. The van der Waals surface area contributed by atoms with Gasteiger partial charge in [-0.05, 0) is 49.1 Å². The highest BCUT2D eigenvalue weighted by Crippen LogP contribution is 2.23. The van der Waals surface area contributed by atoms with Gasteiger partial charge in [0.05, 0.1) is 18.2 Å². The van der Waals surface area contributed by atoms with Gasteiger partial charge in [0.25, 0.3) is 0 Å². The molecule has 0 aliphatic carbocycles. The number of nitrogens with zero attached hydrogens (tertiary/aromatic N) is 3. The molecule has 1 atom stereocenters. The van der Waals surface area contributed by atoms with Gasteiger partial charge >= 0.3 is 0 Å². The summed E-state index contributed by atoms with van der Waals surface area (Å²) in [5.41, 5.74) is 2.97. The van der Waals surface area contributed by atoms with E-state index in [0.29, 0.717) is 19.7 Å².